The van der Waals surface area contributed by atoms with Crippen LogP contribution < -0.4 is 16.0 Å². The standard InChI is InChI=1S/C22H25N5O6.ClH/c28-21(24-11-9-15-1-5-17(6-2-15)26(30)31)19-13-23-14-20(19)22(29)25-12-10-16-3-7-18(8-4-16)27(32)33;/h1-8,19-20,23H,9-14H2,(H,24,28)(H,25,29);1H/t19-,20-;/m0./s1. The molecule has 0 spiro atoms. The van der Waals surface area contributed by atoms with Gasteiger partial charge in [-0.2, -0.15) is 0 Å². The van der Waals surface area contributed by atoms with Crippen molar-refractivity contribution < 1.29 is 19.4 Å². The summed E-state index contributed by atoms with van der Waals surface area (Å²) in [5, 5.41) is 30.2. The SMILES string of the molecule is Cl.O=C(NCCc1ccc([N+](=O)[O-])cc1)[C@H]1CNC[C@@H]1C(=O)NCCc1ccc([N+](=O)[O-])cc1. The van der Waals surface area contributed by atoms with Gasteiger partial charge in [0, 0.05) is 50.4 Å². The first-order valence-corrected chi connectivity index (χ1v) is 10.6. The predicted octanol–water partition coefficient (Wildman–Crippen LogP) is 1.78. The van der Waals surface area contributed by atoms with Gasteiger partial charge in [-0.1, -0.05) is 24.3 Å². The fraction of sp³-hybridized carbons (Fsp3) is 0.364. The Morgan fingerprint density at radius 2 is 1.12 bits per heavy atom. The number of rotatable bonds is 10. The normalized spacial score (nSPS) is 16.8. The van der Waals surface area contributed by atoms with Crippen LogP contribution in [-0.2, 0) is 22.4 Å². The zero-order valence-electron chi connectivity index (χ0n) is 18.3. The van der Waals surface area contributed by atoms with Crippen molar-refractivity contribution in [1.29, 1.82) is 0 Å². The molecule has 1 saturated heterocycles. The number of hydrogen-bond acceptors (Lipinski definition) is 7. The Bertz CT molecular complexity index is 934. The summed E-state index contributed by atoms with van der Waals surface area (Å²) in [6.07, 6.45) is 1.05. The predicted molar refractivity (Wildman–Crippen MR) is 127 cm³/mol. The third-order valence-corrected chi connectivity index (χ3v) is 5.61. The van der Waals surface area contributed by atoms with Crippen LogP contribution in [0.4, 0.5) is 11.4 Å². The average molecular weight is 492 g/mol. The Balaban J connectivity index is 0.00000408. The highest BCUT2D eigenvalue weighted by Crippen LogP contribution is 2.18. The number of non-ortho nitro benzene ring substituents is 2. The Hall–Kier alpha value is -3.57. The van der Waals surface area contributed by atoms with Crippen molar-refractivity contribution >= 4 is 35.6 Å². The lowest BCUT2D eigenvalue weighted by molar-refractivity contribution is -0.385. The van der Waals surface area contributed by atoms with E-state index in [0.29, 0.717) is 39.0 Å². The average Bonchev–Trinajstić information content (AvgIpc) is 3.30. The van der Waals surface area contributed by atoms with Gasteiger partial charge in [0.05, 0.1) is 21.7 Å². The highest BCUT2D eigenvalue weighted by atomic mass is 35.5. The Morgan fingerprint density at radius 3 is 1.44 bits per heavy atom. The first-order chi connectivity index (χ1) is 15.8. The molecule has 0 aromatic heterocycles. The number of hydrogen-bond donors (Lipinski definition) is 3. The Labute approximate surface area is 202 Å². The minimum Gasteiger partial charge on any atom is -0.355 e. The molecule has 34 heavy (non-hydrogen) atoms. The maximum Gasteiger partial charge on any atom is 0.269 e. The number of benzene rings is 2. The highest BCUT2D eigenvalue weighted by molar-refractivity contribution is 5.88. The zero-order chi connectivity index (χ0) is 23.8. The molecule has 3 rings (SSSR count). The van der Waals surface area contributed by atoms with Crippen LogP contribution in [0, 0.1) is 32.1 Å². The fourth-order valence-corrected chi connectivity index (χ4v) is 3.72. The smallest absolute Gasteiger partial charge is 0.269 e. The van der Waals surface area contributed by atoms with Gasteiger partial charge in [-0.3, -0.25) is 29.8 Å². The number of carbonyl (C=O) groups excluding carboxylic acids is 2. The van der Waals surface area contributed by atoms with E-state index in [0.717, 1.165) is 11.1 Å². The van der Waals surface area contributed by atoms with Crippen molar-refractivity contribution in [3.63, 3.8) is 0 Å². The molecule has 2 aromatic carbocycles. The van der Waals surface area contributed by atoms with E-state index in [1.54, 1.807) is 24.3 Å². The van der Waals surface area contributed by atoms with Crippen molar-refractivity contribution in [1.82, 2.24) is 16.0 Å². The van der Waals surface area contributed by atoms with Crippen LogP contribution in [0.2, 0.25) is 0 Å². The minimum absolute atomic E-state index is 0. The molecule has 0 aliphatic carbocycles. The molecule has 1 fully saturated rings. The van der Waals surface area contributed by atoms with E-state index in [1.807, 2.05) is 0 Å². The summed E-state index contributed by atoms with van der Waals surface area (Å²) in [5.41, 5.74) is 1.77. The quantitative estimate of drug-likeness (QED) is 0.337. The minimum atomic E-state index is -0.485. The number of nitro benzene ring substituents is 2. The first kappa shape index (κ1) is 26.7. The fourth-order valence-electron chi connectivity index (χ4n) is 3.72. The number of carbonyl (C=O) groups is 2. The summed E-state index contributed by atoms with van der Waals surface area (Å²) in [7, 11) is 0. The third-order valence-electron chi connectivity index (χ3n) is 5.61. The Morgan fingerprint density at radius 1 is 0.765 bits per heavy atom. The lowest BCUT2D eigenvalue weighted by Gasteiger charge is -2.18. The molecule has 2 atom stereocenters. The maximum atomic E-state index is 12.6. The monoisotopic (exact) mass is 491 g/mol. The molecule has 0 radical (unpaired) electrons. The van der Waals surface area contributed by atoms with Gasteiger partial charge in [-0.15, -0.1) is 12.4 Å². The molecule has 0 bridgehead atoms. The molecule has 1 aliphatic rings. The van der Waals surface area contributed by atoms with E-state index in [2.05, 4.69) is 16.0 Å². The topological polar surface area (TPSA) is 157 Å². The summed E-state index contributed by atoms with van der Waals surface area (Å²) in [6.45, 7) is 1.54. The van der Waals surface area contributed by atoms with Crippen LogP contribution in [0.3, 0.4) is 0 Å². The van der Waals surface area contributed by atoms with Crippen molar-refractivity contribution in [2.45, 2.75) is 12.8 Å². The van der Waals surface area contributed by atoms with Gasteiger partial charge in [0.2, 0.25) is 11.8 Å². The highest BCUT2D eigenvalue weighted by Gasteiger charge is 2.37. The van der Waals surface area contributed by atoms with E-state index in [9.17, 15) is 29.8 Å². The summed E-state index contributed by atoms with van der Waals surface area (Å²) in [5.74, 6) is -1.39. The van der Waals surface area contributed by atoms with E-state index in [1.165, 1.54) is 24.3 Å². The summed E-state index contributed by atoms with van der Waals surface area (Å²) < 4.78 is 0. The number of halogens is 1. The second kappa shape index (κ2) is 12.6. The first-order valence-electron chi connectivity index (χ1n) is 10.6. The largest absolute Gasteiger partial charge is 0.355 e. The summed E-state index contributed by atoms with van der Waals surface area (Å²) in [6, 6.07) is 12.3. The van der Waals surface area contributed by atoms with Gasteiger partial charge < -0.3 is 16.0 Å². The van der Waals surface area contributed by atoms with Crippen molar-refractivity contribution in [2.75, 3.05) is 26.2 Å². The molecule has 12 heteroatoms. The van der Waals surface area contributed by atoms with E-state index >= 15 is 0 Å². The van der Waals surface area contributed by atoms with Crippen molar-refractivity contribution in [2.24, 2.45) is 11.8 Å². The van der Waals surface area contributed by atoms with Gasteiger partial charge >= 0.3 is 0 Å². The van der Waals surface area contributed by atoms with Crippen LogP contribution in [0.1, 0.15) is 11.1 Å². The summed E-state index contributed by atoms with van der Waals surface area (Å²) in [4.78, 5) is 45.7. The van der Waals surface area contributed by atoms with Crippen LogP contribution in [0.5, 0.6) is 0 Å². The lowest BCUT2D eigenvalue weighted by Crippen LogP contribution is -2.42. The number of amides is 2. The number of nitrogens with zero attached hydrogens (tertiary/aromatic N) is 2. The zero-order valence-corrected chi connectivity index (χ0v) is 19.1. The van der Waals surface area contributed by atoms with Crippen LogP contribution in [-0.4, -0.2) is 47.8 Å². The number of nitrogens with one attached hydrogen (secondary N) is 3. The molecule has 1 heterocycles. The maximum absolute atomic E-state index is 12.6. The van der Waals surface area contributed by atoms with E-state index in [-0.39, 0.29) is 35.6 Å². The van der Waals surface area contributed by atoms with Crippen LogP contribution in [0.25, 0.3) is 0 Å². The van der Waals surface area contributed by atoms with Crippen molar-refractivity contribution in [3.8, 4) is 0 Å². The number of nitro groups is 2. The van der Waals surface area contributed by atoms with E-state index in [4.69, 9.17) is 0 Å². The van der Waals surface area contributed by atoms with Crippen LogP contribution in [0.15, 0.2) is 48.5 Å². The molecule has 1 aliphatic heterocycles. The lowest BCUT2D eigenvalue weighted by atomic mass is 9.94. The molecular weight excluding hydrogens is 466 g/mol. The molecule has 182 valence electrons. The third kappa shape index (κ3) is 7.22. The Kier molecular flexibility index (Phi) is 9.90. The molecule has 3 N–H and O–H groups in total. The van der Waals surface area contributed by atoms with Gasteiger partial charge in [0.1, 0.15) is 0 Å². The molecule has 2 aromatic rings. The van der Waals surface area contributed by atoms with Crippen LogP contribution >= 0.6 is 12.4 Å². The van der Waals surface area contributed by atoms with E-state index < -0.39 is 21.7 Å². The molecule has 0 saturated carbocycles. The van der Waals surface area contributed by atoms with Gasteiger partial charge in [0.25, 0.3) is 11.4 Å². The second-order valence-corrected chi connectivity index (χ2v) is 7.80. The van der Waals surface area contributed by atoms with Crippen molar-refractivity contribution in [3.05, 3.63) is 79.9 Å². The van der Waals surface area contributed by atoms with Gasteiger partial charge in [-0.05, 0) is 24.0 Å². The van der Waals surface area contributed by atoms with Gasteiger partial charge in [0.15, 0.2) is 0 Å². The second-order valence-electron chi connectivity index (χ2n) is 7.80. The molecule has 2 amide bonds. The molecule has 0 unspecified atom stereocenters. The molecule has 11 nitrogen and oxygen atoms in total. The van der Waals surface area contributed by atoms with Gasteiger partial charge in [-0.25, -0.2) is 0 Å². The summed E-state index contributed by atoms with van der Waals surface area (Å²) >= 11 is 0. The molecular formula is C22H26ClN5O6.